The molecule has 2 aromatic heterocycles. The summed E-state index contributed by atoms with van der Waals surface area (Å²) in [5, 5.41) is 0. The van der Waals surface area contributed by atoms with Crippen molar-refractivity contribution in [1.29, 1.82) is 0 Å². The highest BCUT2D eigenvalue weighted by molar-refractivity contribution is 5.67. The highest BCUT2D eigenvalue weighted by atomic mass is 16.7. The van der Waals surface area contributed by atoms with Crippen LogP contribution in [-0.2, 0) is 22.6 Å². The smallest absolute Gasteiger partial charge is 0.175 e. The molecule has 0 bridgehead atoms. The maximum atomic E-state index is 5.88. The van der Waals surface area contributed by atoms with E-state index < -0.39 is 0 Å². The van der Waals surface area contributed by atoms with Gasteiger partial charge in [0.2, 0.25) is 0 Å². The van der Waals surface area contributed by atoms with Crippen LogP contribution >= 0.6 is 0 Å². The Bertz CT molecular complexity index is 1080. The van der Waals surface area contributed by atoms with E-state index >= 15 is 0 Å². The van der Waals surface area contributed by atoms with Gasteiger partial charge in [0.25, 0.3) is 0 Å². The minimum Gasteiger partial charge on any atom is -0.369 e. The zero-order valence-corrected chi connectivity index (χ0v) is 20.5. The molecule has 5 rings (SSSR count). The first kappa shape index (κ1) is 23.0. The monoisotopic (exact) mass is 461 g/mol. The summed E-state index contributed by atoms with van der Waals surface area (Å²) in [6, 6.07) is 12.9. The quantitative estimate of drug-likeness (QED) is 0.554. The molecule has 2 fully saturated rings. The Labute approximate surface area is 202 Å². The van der Waals surface area contributed by atoms with Crippen LogP contribution < -0.4 is 4.90 Å². The third kappa shape index (κ3) is 5.49. The van der Waals surface area contributed by atoms with E-state index in [0.29, 0.717) is 6.54 Å². The van der Waals surface area contributed by atoms with Crippen LogP contribution in [-0.4, -0.2) is 65.1 Å². The standard InChI is InChI=1S/C27H35N5O2/c1-21-14-23(32-12-10-30(11-13-32)15-22-6-4-5-9-28-22)7-8-24(21)25-16-31(20-29-25)17-26-33-18-27(2,3)19-34-26/h4-9,14,16,20,26H,10-13,15,17-19H2,1-3H3. The van der Waals surface area contributed by atoms with Gasteiger partial charge in [-0.1, -0.05) is 26.0 Å². The van der Waals surface area contributed by atoms with Gasteiger partial charge in [-0.05, 0) is 36.8 Å². The number of hydrogen-bond donors (Lipinski definition) is 0. The molecule has 0 N–H and O–H groups in total. The van der Waals surface area contributed by atoms with Gasteiger partial charge in [0.05, 0.1) is 37.5 Å². The molecule has 0 aliphatic carbocycles. The average Bonchev–Trinajstić information content (AvgIpc) is 3.30. The lowest BCUT2D eigenvalue weighted by Crippen LogP contribution is -2.46. The summed E-state index contributed by atoms with van der Waals surface area (Å²) in [6.07, 6.45) is 5.62. The number of nitrogens with zero attached hydrogens (tertiary/aromatic N) is 5. The number of hydrogen-bond acceptors (Lipinski definition) is 6. The van der Waals surface area contributed by atoms with Crippen LogP contribution in [0.4, 0.5) is 5.69 Å². The van der Waals surface area contributed by atoms with Gasteiger partial charge in [-0.2, -0.15) is 0 Å². The molecule has 4 heterocycles. The predicted molar refractivity (Wildman–Crippen MR) is 134 cm³/mol. The van der Waals surface area contributed by atoms with Crippen LogP contribution in [0, 0.1) is 12.3 Å². The van der Waals surface area contributed by atoms with Gasteiger partial charge in [0.15, 0.2) is 6.29 Å². The zero-order chi connectivity index (χ0) is 23.5. The van der Waals surface area contributed by atoms with Crippen molar-refractivity contribution in [2.24, 2.45) is 5.41 Å². The van der Waals surface area contributed by atoms with E-state index in [-0.39, 0.29) is 11.7 Å². The van der Waals surface area contributed by atoms with E-state index in [9.17, 15) is 0 Å². The predicted octanol–water partition coefficient (Wildman–Crippen LogP) is 3.97. The fourth-order valence-electron chi connectivity index (χ4n) is 4.62. The van der Waals surface area contributed by atoms with E-state index in [4.69, 9.17) is 9.47 Å². The van der Waals surface area contributed by atoms with Crippen LogP contribution in [0.1, 0.15) is 25.1 Å². The second-order valence-corrected chi connectivity index (χ2v) is 10.3. The van der Waals surface area contributed by atoms with E-state index in [1.54, 1.807) is 0 Å². The van der Waals surface area contributed by atoms with Gasteiger partial charge in [-0.15, -0.1) is 0 Å². The number of benzene rings is 1. The Balaban J connectivity index is 1.18. The van der Waals surface area contributed by atoms with Crippen molar-refractivity contribution in [3.05, 3.63) is 66.4 Å². The normalized spacial score (nSPS) is 19.4. The van der Waals surface area contributed by atoms with Gasteiger partial charge in [0.1, 0.15) is 0 Å². The lowest BCUT2D eigenvalue weighted by molar-refractivity contribution is -0.226. The Hall–Kier alpha value is -2.74. The number of imidazole rings is 1. The topological polar surface area (TPSA) is 55.7 Å². The Morgan fingerprint density at radius 2 is 1.79 bits per heavy atom. The summed E-state index contributed by atoms with van der Waals surface area (Å²) in [5.41, 5.74) is 5.90. The van der Waals surface area contributed by atoms with Gasteiger partial charge in [-0.25, -0.2) is 4.98 Å². The second-order valence-electron chi connectivity index (χ2n) is 10.3. The van der Waals surface area contributed by atoms with Crippen LogP contribution in [0.15, 0.2) is 55.1 Å². The minimum absolute atomic E-state index is 0.0845. The number of ether oxygens (including phenoxy) is 2. The molecule has 0 saturated carbocycles. The molecule has 7 heteroatoms. The number of aromatic nitrogens is 3. The fourth-order valence-corrected chi connectivity index (χ4v) is 4.62. The molecule has 3 aromatic rings. The Morgan fingerprint density at radius 3 is 2.50 bits per heavy atom. The maximum Gasteiger partial charge on any atom is 0.175 e. The first-order chi connectivity index (χ1) is 16.4. The third-order valence-electron chi connectivity index (χ3n) is 6.65. The molecule has 2 aliphatic heterocycles. The number of pyridine rings is 1. The summed E-state index contributed by atoms with van der Waals surface area (Å²) >= 11 is 0. The van der Waals surface area contributed by atoms with E-state index in [1.165, 1.54) is 16.8 Å². The van der Waals surface area contributed by atoms with Gasteiger partial charge >= 0.3 is 0 Å². The fraction of sp³-hybridized carbons (Fsp3) is 0.481. The summed E-state index contributed by atoms with van der Waals surface area (Å²) in [4.78, 5) is 14.1. The molecule has 7 nitrogen and oxygen atoms in total. The van der Waals surface area contributed by atoms with Gasteiger partial charge in [0, 0.05) is 61.8 Å². The van der Waals surface area contributed by atoms with Crippen LogP contribution in [0.25, 0.3) is 11.3 Å². The lowest BCUT2D eigenvalue weighted by atomic mass is 9.96. The van der Waals surface area contributed by atoms with Crippen LogP contribution in [0.5, 0.6) is 0 Å². The molecule has 2 saturated heterocycles. The van der Waals surface area contributed by atoms with Crippen LogP contribution in [0.2, 0.25) is 0 Å². The Morgan fingerprint density at radius 1 is 1.00 bits per heavy atom. The Kier molecular flexibility index (Phi) is 6.68. The molecule has 0 atom stereocenters. The maximum absolute atomic E-state index is 5.88. The number of rotatable bonds is 6. The third-order valence-corrected chi connectivity index (χ3v) is 6.65. The van der Waals surface area contributed by atoms with E-state index in [0.717, 1.165) is 57.3 Å². The number of aryl methyl sites for hydroxylation is 1. The zero-order valence-electron chi connectivity index (χ0n) is 20.5. The molecular formula is C27H35N5O2. The van der Waals surface area contributed by atoms with Crippen molar-refractivity contribution in [3.8, 4) is 11.3 Å². The van der Waals surface area contributed by atoms with Crippen molar-refractivity contribution in [1.82, 2.24) is 19.4 Å². The molecule has 2 aliphatic rings. The molecule has 180 valence electrons. The first-order valence-corrected chi connectivity index (χ1v) is 12.2. The summed E-state index contributed by atoms with van der Waals surface area (Å²) < 4.78 is 13.8. The number of piperazine rings is 1. The highest BCUT2D eigenvalue weighted by Crippen LogP contribution is 2.28. The van der Waals surface area contributed by atoms with Gasteiger partial charge in [-0.3, -0.25) is 9.88 Å². The molecule has 1 aromatic carbocycles. The SMILES string of the molecule is Cc1cc(N2CCN(Cc3ccccn3)CC2)ccc1-c1cn(CC2OCC(C)(C)CO2)cn1. The minimum atomic E-state index is -0.213. The van der Waals surface area contributed by atoms with Crippen molar-refractivity contribution in [3.63, 3.8) is 0 Å². The van der Waals surface area contributed by atoms with Crippen molar-refractivity contribution < 1.29 is 9.47 Å². The molecule has 0 spiro atoms. The van der Waals surface area contributed by atoms with E-state index in [2.05, 4.69) is 81.6 Å². The van der Waals surface area contributed by atoms with Crippen molar-refractivity contribution in [2.45, 2.75) is 40.2 Å². The van der Waals surface area contributed by atoms with Gasteiger partial charge < -0.3 is 18.9 Å². The molecule has 0 radical (unpaired) electrons. The second kappa shape index (κ2) is 9.86. The van der Waals surface area contributed by atoms with Crippen molar-refractivity contribution in [2.75, 3.05) is 44.3 Å². The van der Waals surface area contributed by atoms with Crippen molar-refractivity contribution >= 4 is 5.69 Å². The summed E-state index contributed by atoms with van der Waals surface area (Å²) in [7, 11) is 0. The lowest BCUT2D eigenvalue weighted by Gasteiger charge is -2.36. The van der Waals surface area contributed by atoms with E-state index in [1.807, 2.05) is 18.6 Å². The summed E-state index contributed by atoms with van der Waals surface area (Å²) in [6.45, 7) is 13.7. The molecule has 0 unspecified atom stereocenters. The average molecular weight is 462 g/mol. The largest absolute Gasteiger partial charge is 0.369 e. The molecule has 0 amide bonds. The van der Waals surface area contributed by atoms with Crippen LogP contribution in [0.3, 0.4) is 0 Å². The number of anilines is 1. The summed E-state index contributed by atoms with van der Waals surface area (Å²) in [5.74, 6) is 0. The highest BCUT2D eigenvalue weighted by Gasteiger charge is 2.28. The molecular weight excluding hydrogens is 426 g/mol. The molecule has 34 heavy (non-hydrogen) atoms. The first-order valence-electron chi connectivity index (χ1n) is 12.2.